The number of amides is 1. The van der Waals surface area contributed by atoms with E-state index < -0.39 is 11.1 Å². The van der Waals surface area contributed by atoms with Crippen LogP contribution in [0.1, 0.15) is 46.5 Å². The van der Waals surface area contributed by atoms with Gasteiger partial charge in [0.15, 0.2) is 0 Å². The molecule has 0 aliphatic carbocycles. The fraction of sp³-hybridized carbons (Fsp3) is 0.917. The molecule has 0 spiro atoms. The van der Waals surface area contributed by atoms with Crippen molar-refractivity contribution in [3.8, 4) is 0 Å². The minimum atomic E-state index is -0.719. The van der Waals surface area contributed by atoms with E-state index in [1.54, 1.807) is 4.90 Å². The van der Waals surface area contributed by atoms with Gasteiger partial charge in [-0.05, 0) is 32.6 Å². The molecule has 1 aliphatic heterocycles. The first-order valence-corrected chi connectivity index (χ1v) is 6.15. The first-order valence-electron chi connectivity index (χ1n) is 6.15. The van der Waals surface area contributed by atoms with Crippen molar-refractivity contribution in [3.63, 3.8) is 0 Å². The van der Waals surface area contributed by atoms with Crippen LogP contribution >= 0.6 is 0 Å². The maximum Gasteiger partial charge on any atom is 0.242 e. The Morgan fingerprint density at radius 3 is 2.19 bits per heavy atom. The van der Waals surface area contributed by atoms with Crippen LogP contribution in [0, 0.1) is 0 Å². The third kappa shape index (κ3) is 2.74. The molecule has 0 atom stereocenters. The van der Waals surface area contributed by atoms with Crippen molar-refractivity contribution in [3.05, 3.63) is 0 Å². The second-order valence-corrected chi connectivity index (χ2v) is 5.15. The van der Waals surface area contributed by atoms with Gasteiger partial charge in [0.2, 0.25) is 5.91 Å². The average Bonchev–Trinajstić information content (AvgIpc) is 2.27. The second kappa shape index (κ2) is 4.72. The van der Waals surface area contributed by atoms with Crippen molar-refractivity contribution < 1.29 is 9.90 Å². The Morgan fingerprint density at radius 1 is 1.38 bits per heavy atom. The first kappa shape index (κ1) is 13.5. The molecule has 1 rings (SSSR count). The zero-order valence-electron chi connectivity index (χ0n) is 10.6. The predicted octanol–water partition coefficient (Wildman–Crippen LogP) is 0.877. The molecule has 1 aliphatic rings. The highest BCUT2D eigenvalue weighted by Crippen LogP contribution is 2.24. The van der Waals surface area contributed by atoms with E-state index in [4.69, 9.17) is 5.73 Å². The summed E-state index contributed by atoms with van der Waals surface area (Å²) < 4.78 is 0. The largest absolute Gasteiger partial charge is 0.390 e. The molecular weight excluding hydrogens is 204 g/mol. The Bertz CT molecular complexity index is 250. The van der Waals surface area contributed by atoms with Crippen LogP contribution < -0.4 is 5.73 Å². The molecule has 0 aromatic rings. The van der Waals surface area contributed by atoms with Gasteiger partial charge in [-0.15, -0.1) is 0 Å². The van der Waals surface area contributed by atoms with Crippen LogP contribution in [-0.4, -0.2) is 40.1 Å². The molecule has 3 N–H and O–H groups in total. The standard InChI is InChI=1S/C12H24N2O2/c1-4-12(13,5-2)10(15)14-8-6-11(3,16)7-9-14/h16H,4-9,13H2,1-3H3. The molecule has 0 bridgehead atoms. The van der Waals surface area contributed by atoms with Crippen LogP contribution in [0.5, 0.6) is 0 Å². The van der Waals surface area contributed by atoms with Gasteiger partial charge in [-0.1, -0.05) is 13.8 Å². The van der Waals surface area contributed by atoms with E-state index in [-0.39, 0.29) is 5.91 Å². The van der Waals surface area contributed by atoms with Gasteiger partial charge in [0, 0.05) is 13.1 Å². The molecule has 0 aromatic heterocycles. The summed E-state index contributed by atoms with van der Waals surface area (Å²) in [5, 5.41) is 9.82. The van der Waals surface area contributed by atoms with Crippen molar-refractivity contribution in [2.75, 3.05) is 13.1 Å². The second-order valence-electron chi connectivity index (χ2n) is 5.15. The summed E-state index contributed by atoms with van der Waals surface area (Å²) in [6, 6.07) is 0. The smallest absolute Gasteiger partial charge is 0.242 e. The van der Waals surface area contributed by atoms with E-state index in [0.29, 0.717) is 38.8 Å². The van der Waals surface area contributed by atoms with E-state index in [2.05, 4.69) is 0 Å². The van der Waals surface area contributed by atoms with Crippen LogP contribution in [0.4, 0.5) is 0 Å². The number of nitrogens with zero attached hydrogens (tertiary/aromatic N) is 1. The molecule has 1 heterocycles. The quantitative estimate of drug-likeness (QED) is 0.753. The van der Waals surface area contributed by atoms with E-state index in [1.165, 1.54) is 0 Å². The molecule has 4 heteroatoms. The number of aliphatic hydroxyl groups is 1. The van der Waals surface area contributed by atoms with Crippen LogP contribution in [0.2, 0.25) is 0 Å². The highest BCUT2D eigenvalue weighted by Gasteiger charge is 2.37. The molecule has 1 saturated heterocycles. The maximum absolute atomic E-state index is 12.2. The first-order chi connectivity index (χ1) is 7.34. The number of carbonyl (C=O) groups excluding carboxylic acids is 1. The Hall–Kier alpha value is -0.610. The zero-order valence-corrected chi connectivity index (χ0v) is 10.6. The van der Waals surface area contributed by atoms with Crippen LogP contribution in [0.3, 0.4) is 0 Å². The lowest BCUT2D eigenvalue weighted by Gasteiger charge is -2.39. The third-order valence-corrected chi connectivity index (χ3v) is 3.82. The van der Waals surface area contributed by atoms with Crippen molar-refractivity contribution in [1.82, 2.24) is 4.90 Å². The van der Waals surface area contributed by atoms with Crippen molar-refractivity contribution >= 4 is 5.91 Å². The maximum atomic E-state index is 12.2. The molecule has 0 saturated carbocycles. The van der Waals surface area contributed by atoms with Gasteiger partial charge < -0.3 is 15.7 Å². The fourth-order valence-corrected chi connectivity index (χ4v) is 2.06. The van der Waals surface area contributed by atoms with Crippen LogP contribution in [-0.2, 0) is 4.79 Å². The Labute approximate surface area is 97.8 Å². The molecule has 4 nitrogen and oxygen atoms in total. The van der Waals surface area contributed by atoms with Crippen molar-refractivity contribution in [2.24, 2.45) is 5.73 Å². The molecule has 1 fully saturated rings. The van der Waals surface area contributed by atoms with Crippen molar-refractivity contribution in [2.45, 2.75) is 57.6 Å². The molecule has 16 heavy (non-hydrogen) atoms. The van der Waals surface area contributed by atoms with Gasteiger partial charge in [-0.3, -0.25) is 4.79 Å². The molecule has 94 valence electrons. The lowest BCUT2D eigenvalue weighted by atomic mass is 9.89. The lowest BCUT2D eigenvalue weighted by molar-refractivity contribution is -0.141. The predicted molar refractivity (Wildman–Crippen MR) is 63.9 cm³/mol. The molecule has 0 radical (unpaired) electrons. The fourth-order valence-electron chi connectivity index (χ4n) is 2.06. The molecule has 1 amide bonds. The number of likely N-dealkylation sites (tertiary alicyclic amines) is 1. The highest BCUT2D eigenvalue weighted by atomic mass is 16.3. The normalized spacial score (nSPS) is 20.9. The lowest BCUT2D eigenvalue weighted by Crippen LogP contribution is -2.57. The molecule has 0 aromatic carbocycles. The van der Waals surface area contributed by atoms with Gasteiger partial charge in [0.1, 0.15) is 0 Å². The zero-order chi connectivity index (χ0) is 12.4. The van der Waals surface area contributed by atoms with E-state index in [1.807, 2.05) is 20.8 Å². The number of hydrogen-bond acceptors (Lipinski definition) is 3. The van der Waals surface area contributed by atoms with E-state index in [0.717, 1.165) is 0 Å². The summed E-state index contributed by atoms with van der Waals surface area (Å²) >= 11 is 0. The van der Waals surface area contributed by atoms with Crippen LogP contribution in [0.25, 0.3) is 0 Å². The number of hydrogen-bond donors (Lipinski definition) is 2. The third-order valence-electron chi connectivity index (χ3n) is 3.82. The van der Waals surface area contributed by atoms with Crippen molar-refractivity contribution in [1.29, 1.82) is 0 Å². The number of nitrogens with two attached hydrogens (primary N) is 1. The monoisotopic (exact) mass is 228 g/mol. The Balaban J connectivity index is 2.63. The number of rotatable bonds is 3. The SMILES string of the molecule is CCC(N)(CC)C(=O)N1CCC(C)(O)CC1. The van der Waals surface area contributed by atoms with Crippen LogP contribution in [0.15, 0.2) is 0 Å². The molecule has 0 unspecified atom stereocenters. The van der Waals surface area contributed by atoms with Gasteiger partial charge in [-0.25, -0.2) is 0 Å². The van der Waals surface area contributed by atoms with Gasteiger partial charge in [-0.2, -0.15) is 0 Å². The summed E-state index contributed by atoms with van der Waals surface area (Å²) in [5.74, 6) is 0.0352. The molecular formula is C12H24N2O2. The summed E-state index contributed by atoms with van der Waals surface area (Å²) in [5.41, 5.74) is 4.75. The summed E-state index contributed by atoms with van der Waals surface area (Å²) in [6.45, 7) is 6.95. The Morgan fingerprint density at radius 2 is 1.81 bits per heavy atom. The minimum Gasteiger partial charge on any atom is -0.390 e. The average molecular weight is 228 g/mol. The van der Waals surface area contributed by atoms with E-state index >= 15 is 0 Å². The topological polar surface area (TPSA) is 66.6 Å². The summed E-state index contributed by atoms with van der Waals surface area (Å²) in [6.07, 6.45) is 2.61. The summed E-state index contributed by atoms with van der Waals surface area (Å²) in [7, 11) is 0. The Kier molecular flexibility index (Phi) is 3.97. The van der Waals surface area contributed by atoms with Gasteiger partial charge in [0.05, 0.1) is 11.1 Å². The van der Waals surface area contributed by atoms with E-state index in [9.17, 15) is 9.90 Å². The number of piperidine rings is 1. The van der Waals surface area contributed by atoms with Gasteiger partial charge in [0.25, 0.3) is 0 Å². The van der Waals surface area contributed by atoms with Gasteiger partial charge >= 0.3 is 0 Å². The minimum absolute atomic E-state index is 0.0352. The summed E-state index contributed by atoms with van der Waals surface area (Å²) in [4.78, 5) is 14.0. The number of carbonyl (C=O) groups is 1. The highest BCUT2D eigenvalue weighted by molar-refractivity contribution is 5.86.